The topological polar surface area (TPSA) is 47.0 Å². The number of rotatable bonds is 3. The number of hydrogen-bond donors (Lipinski definition) is 0. The number of thiophene rings is 1. The van der Waals surface area contributed by atoms with Gasteiger partial charge in [0.25, 0.3) is 0 Å². The molecular formula is C20H21NO2S2. The van der Waals surface area contributed by atoms with Crippen LogP contribution >= 0.6 is 11.3 Å². The summed E-state index contributed by atoms with van der Waals surface area (Å²) in [5, 5.41) is 2.13. The second-order valence-corrected chi connectivity index (χ2v) is 10.1. The molecule has 5 heteroatoms. The van der Waals surface area contributed by atoms with Gasteiger partial charge in [0.1, 0.15) is 0 Å². The zero-order valence-corrected chi connectivity index (χ0v) is 16.4. The van der Waals surface area contributed by atoms with Crippen molar-refractivity contribution in [2.45, 2.75) is 31.1 Å². The maximum Gasteiger partial charge on any atom is 0.175 e. The summed E-state index contributed by atoms with van der Waals surface area (Å²) in [6.45, 7) is 6.46. The van der Waals surface area contributed by atoms with Crippen molar-refractivity contribution in [2.24, 2.45) is 0 Å². The minimum absolute atomic E-state index is 0.0103. The van der Waals surface area contributed by atoms with E-state index in [2.05, 4.69) is 43.3 Å². The van der Waals surface area contributed by atoms with Crippen molar-refractivity contribution in [3.05, 3.63) is 59.7 Å². The lowest BCUT2D eigenvalue weighted by Crippen LogP contribution is -2.13. The number of hydrogen-bond acceptors (Lipinski definition) is 4. The fraction of sp³-hybridized carbons (Fsp3) is 0.250. The third-order valence-corrected chi connectivity index (χ3v) is 6.14. The normalized spacial score (nSPS) is 12.3. The molecule has 3 aromatic rings. The van der Waals surface area contributed by atoms with Crippen molar-refractivity contribution in [3.63, 3.8) is 0 Å². The van der Waals surface area contributed by atoms with Gasteiger partial charge in [-0.1, -0.05) is 32.9 Å². The van der Waals surface area contributed by atoms with E-state index < -0.39 is 9.84 Å². The summed E-state index contributed by atoms with van der Waals surface area (Å²) < 4.78 is 23.2. The second kappa shape index (κ2) is 6.39. The van der Waals surface area contributed by atoms with Crippen molar-refractivity contribution in [1.29, 1.82) is 0 Å². The van der Waals surface area contributed by atoms with Crippen LogP contribution in [-0.4, -0.2) is 19.7 Å². The summed E-state index contributed by atoms with van der Waals surface area (Å²) in [6, 6.07) is 13.3. The monoisotopic (exact) mass is 371 g/mol. The Balaban J connectivity index is 1.93. The molecule has 0 fully saturated rings. The summed E-state index contributed by atoms with van der Waals surface area (Å²) in [6.07, 6.45) is 3.08. The Bertz CT molecular complexity index is 995. The third kappa shape index (κ3) is 3.99. The second-order valence-electron chi connectivity index (χ2n) is 7.18. The molecule has 0 radical (unpaired) electrons. The summed E-state index contributed by atoms with van der Waals surface area (Å²) in [7, 11) is -3.16. The van der Waals surface area contributed by atoms with Gasteiger partial charge in [0.15, 0.2) is 9.84 Å². The molecule has 3 nitrogen and oxygen atoms in total. The van der Waals surface area contributed by atoms with Gasteiger partial charge >= 0.3 is 0 Å². The minimum Gasteiger partial charge on any atom is -0.261 e. The molecule has 0 bridgehead atoms. The van der Waals surface area contributed by atoms with Gasteiger partial charge in [0, 0.05) is 28.4 Å². The van der Waals surface area contributed by atoms with Crippen LogP contribution in [0.25, 0.3) is 21.6 Å². The van der Waals surface area contributed by atoms with Crippen LogP contribution in [0.4, 0.5) is 0 Å². The third-order valence-electron chi connectivity index (χ3n) is 4.03. The molecule has 0 saturated heterocycles. The van der Waals surface area contributed by atoms with Gasteiger partial charge in [-0.25, -0.2) is 8.42 Å². The van der Waals surface area contributed by atoms with E-state index in [1.165, 1.54) is 6.26 Å². The molecule has 3 rings (SSSR count). The van der Waals surface area contributed by atoms with E-state index in [9.17, 15) is 8.42 Å². The molecule has 0 aliphatic heterocycles. The van der Waals surface area contributed by atoms with Crippen LogP contribution in [0.3, 0.4) is 0 Å². The zero-order chi connectivity index (χ0) is 18.2. The predicted octanol–water partition coefficient (Wildman–Crippen LogP) is 5.18. The Morgan fingerprint density at radius 1 is 0.920 bits per heavy atom. The van der Waals surface area contributed by atoms with Crippen molar-refractivity contribution >= 4 is 21.2 Å². The molecule has 0 aliphatic carbocycles. The van der Waals surface area contributed by atoms with Gasteiger partial charge in [-0.15, -0.1) is 11.3 Å². The molecule has 0 unspecified atom stereocenters. The average Bonchev–Trinajstić information content (AvgIpc) is 3.03. The highest BCUT2D eigenvalue weighted by atomic mass is 32.2. The van der Waals surface area contributed by atoms with E-state index in [1.54, 1.807) is 23.5 Å². The van der Waals surface area contributed by atoms with E-state index in [0.29, 0.717) is 4.90 Å². The van der Waals surface area contributed by atoms with Crippen molar-refractivity contribution in [2.75, 3.05) is 6.26 Å². The molecule has 0 N–H and O–H groups in total. The van der Waals surface area contributed by atoms with E-state index >= 15 is 0 Å². The van der Waals surface area contributed by atoms with E-state index in [1.807, 2.05) is 24.4 Å². The molecule has 0 spiro atoms. The first kappa shape index (κ1) is 17.8. The first-order valence-corrected chi connectivity index (χ1v) is 10.8. The molecule has 25 heavy (non-hydrogen) atoms. The highest BCUT2D eigenvalue weighted by Crippen LogP contribution is 2.34. The van der Waals surface area contributed by atoms with E-state index in [4.69, 9.17) is 0 Å². The standard InChI is InChI=1S/C20H21NO2S2/c1-20(2,3)19-12-15(9-10-21-19)16-11-18(24-13-16)14-5-7-17(8-6-14)25(4,22)23/h5-13H,1-4H3. The minimum atomic E-state index is -3.16. The molecule has 1 aromatic carbocycles. The van der Waals surface area contributed by atoms with Crippen LogP contribution < -0.4 is 0 Å². The van der Waals surface area contributed by atoms with Crippen LogP contribution in [0.15, 0.2) is 58.9 Å². The van der Waals surface area contributed by atoms with Gasteiger partial charge in [-0.2, -0.15) is 0 Å². The maximum atomic E-state index is 11.6. The first-order valence-electron chi connectivity index (χ1n) is 8.00. The number of sulfone groups is 1. The molecular weight excluding hydrogens is 350 g/mol. The number of aromatic nitrogens is 1. The number of benzene rings is 1. The molecule has 0 aliphatic rings. The molecule has 130 valence electrons. The quantitative estimate of drug-likeness (QED) is 0.637. The molecule has 0 saturated carbocycles. The van der Waals surface area contributed by atoms with E-state index in [-0.39, 0.29) is 5.41 Å². The van der Waals surface area contributed by atoms with E-state index in [0.717, 1.165) is 27.3 Å². The highest BCUT2D eigenvalue weighted by Gasteiger charge is 2.16. The lowest BCUT2D eigenvalue weighted by Gasteiger charge is -2.18. The SMILES string of the molecule is CC(C)(C)c1cc(-c2csc(-c3ccc(S(C)(=O)=O)cc3)c2)ccn1. The van der Waals surface area contributed by atoms with Gasteiger partial charge in [0.2, 0.25) is 0 Å². The smallest absolute Gasteiger partial charge is 0.175 e. The Kier molecular flexibility index (Phi) is 4.56. The zero-order valence-electron chi connectivity index (χ0n) is 14.8. The summed E-state index contributed by atoms with van der Waals surface area (Å²) in [5.41, 5.74) is 4.40. The Labute approximate surface area is 153 Å². The summed E-state index contributed by atoms with van der Waals surface area (Å²) >= 11 is 1.65. The average molecular weight is 372 g/mol. The Hall–Kier alpha value is -1.98. The fourth-order valence-electron chi connectivity index (χ4n) is 2.53. The van der Waals surface area contributed by atoms with Gasteiger partial charge < -0.3 is 0 Å². The van der Waals surface area contributed by atoms with Crippen LogP contribution in [-0.2, 0) is 15.3 Å². The van der Waals surface area contributed by atoms with Crippen molar-refractivity contribution in [3.8, 4) is 21.6 Å². The number of pyridine rings is 1. The molecule has 2 heterocycles. The Morgan fingerprint density at radius 2 is 1.60 bits per heavy atom. The molecule has 0 amide bonds. The van der Waals surface area contributed by atoms with Gasteiger partial charge in [0.05, 0.1) is 4.90 Å². The molecule has 0 atom stereocenters. The summed E-state index contributed by atoms with van der Waals surface area (Å²) in [5.74, 6) is 0. The molecule has 2 aromatic heterocycles. The first-order chi connectivity index (χ1) is 11.6. The maximum absolute atomic E-state index is 11.6. The largest absolute Gasteiger partial charge is 0.261 e. The number of nitrogens with zero attached hydrogens (tertiary/aromatic N) is 1. The van der Waals surface area contributed by atoms with Gasteiger partial charge in [-0.05, 0) is 52.4 Å². The van der Waals surface area contributed by atoms with Crippen molar-refractivity contribution < 1.29 is 8.42 Å². The van der Waals surface area contributed by atoms with Crippen molar-refractivity contribution in [1.82, 2.24) is 4.98 Å². The lowest BCUT2D eigenvalue weighted by atomic mass is 9.90. The van der Waals surface area contributed by atoms with Crippen LogP contribution in [0.5, 0.6) is 0 Å². The fourth-order valence-corrected chi connectivity index (χ4v) is 4.08. The highest BCUT2D eigenvalue weighted by molar-refractivity contribution is 7.90. The Morgan fingerprint density at radius 3 is 2.20 bits per heavy atom. The lowest BCUT2D eigenvalue weighted by molar-refractivity contribution is 0.569. The van der Waals surface area contributed by atoms with Gasteiger partial charge in [-0.3, -0.25) is 4.98 Å². The predicted molar refractivity (Wildman–Crippen MR) is 105 cm³/mol. The van der Waals surface area contributed by atoms with Crippen LogP contribution in [0, 0.1) is 0 Å². The summed E-state index contributed by atoms with van der Waals surface area (Å²) in [4.78, 5) is 5.94. The van der Waals surface area contributed by atoms with Crippen LogP contribution in [0.1, 0.15) is 26.5 Å². The van der Waals surface area contributed by atoms with Crippen LogP contribution in [0.2, 0.25) is 0 Å².